The van der Waals surface area contributed by atoms with Crippen molar-refractivity contribution in [2.75, 3.05) is 0 Å². The van der Waals surface area contributed by atoms with Crippen molar-refractivity contribution in [2.45, 2.75) is 72.1 Å². The monoisotopic (exact) mass is 463 g/mol. The standard InChI is InChI=1S/C32H35N2O/c1-18-9-11-22-23-16-21-10-12-24-27(32(6,7)14-13-31(24,4)5)28(21)33-30(23)35-29(22)26(18)25-15-19(2)20(3)17-34(25)8/h9-12,15-17H,13-14H2,1-8H3/q+1. The maximum Gasteiger partial charge on any atom is 0.227 e. The minimum atomic E-state index is 0.0893. The van der Waals surface area contributed by atoms with Gasteiger partial charge in [-0.25, -0.2) is 9.55 Å². The number of rotatable bonds is 1. The number of fused-ring (bicyclic) bond motifs is 6. The van der Waals surface area contributed by atoms with E-state index in [0.717, 1.165) is 33.1 Å². The molecule has 3 heteroatoms. The average Bonchev–Trinajstić information content (AvgIpc) is 3.15. The van der Waals surface area contributed by atoms with Gasteiger partial charge in [0.15, 0.2) is 11.8 Å². The molecule has 0 atom stereocenters. The molecule has 0 saturated heterocycles. The molecule has 0 bridgehead atoms. The number of aromatic nitrogens is 2. The summed E-state index contributed by atoms with van der Waals surface area (Å²) in [6, 6.07) is 13.6. The van der Waals surface area contributed by atoms with Crippen LogP contribution in [-0.2, 0) is 17.9 Å². The van der Waals surface area contributed by atoms with Gasteiger partial charge in [0, 0.05) is 27.8 Å². The lowest BCUT2D eigenvalue weighted by atomic mass is 9.62. The third-order valence-corrected chi connectivity index (χ3v) is 8.59. The summed E-state index contributed by atoms with van der Waals surface area (Å²) < 4.78 is 8.85. The molecule has 0 aliphatic heterocycles. The highest BCUT2D eigenvalue weighted by molar-refractivity contribution is 6.11. The van der Waals surface area contributed by atoms with Gasteiger partial charge in [0.1, 0.15) is 7.05 Å². The quantitative estimate of drug-likeness (QED) is 0.237. The number of furan rings is 1. The maximum absolute atomic E-state index is 6.64. The molecule has 6 rings (SSSR count). The molecule has 35 heavy (non-hydrogen) atoms. The van der Waals surface area contributed by atoms with Crippen LogP contribution in [0.25, 0.3) is 44.2 Å². The van der Waals surface area contributed by atoms with Crippen LogP contribution < -0.4 is 4.57 Å². The molecule has 1 aliphatic carbocycles. The predicted molar refractivity (Wildman–Crippen MR) is 145 cm³/mol. The third-order valence-electron chi connectivity index (χ3n) is 8.59. The lowest BCUT2D eigenvalue weighted by Gasteiger charge is -2.42. The molecule has 1 aliphatic rings. The van der Waals surface area contributed by atoms with E-state index >= 15 is 0 Å². The van der Waals surface area contributed by atoms with Gasteiger partial charge in [0.25, 0.3) is 0 Å². The number of aryl methyl sites for hydroxylation is 4. The van der Waals surface area contributed by atoms with Gasteiger partial charge < -0.3 is 4.42 Å². The first kappa shape index (κ1) is 22.3. The Kier molecular flexibility index (Phi) is 4.56. The normalized spacial score (nSPS) is 16.8. The van der Waals surface area contributed by atoms with Crippen LogP contribution in [0.15, 0.2) is 47.0 Å². The van der Waals surface area contributed by atoms with Crippen LogP contribution >= 0.6 is 0 Å². The van der Waals surface area contributed by atoms with Crippen molar-refractivity contribution in [2.24, 2.45) is 7.05 Å². The second-order valence-electron chi connectivity index (χ2n) is 12.0. The van der Waals surface area contributed by atoms with Gasteiger partial charge in [-0.15, -0.1) is 0 Å². The molecule has 3 heterocycles. The molecular formula is C32H35N2O+. The second-order valence-corrected chi connectivity index (χ2v) is 12.0. The summed E-state index contributed by atoms with van der Waals surface area (Å²) in [4.78, 5) is 5.23. The number of hydrogen-bond donors (Lipinski definition) is 0. The van der Waals surface area contributed by atoms with Gasteiger partial charge in [-0.3, -0.25) is 0 Å². The third kappa shape index (κ3) is 3.17. The first-order chi connectivity index (χ1) is 16.5. The fraction of sp³-hybridized carbons (Fsp3) is 0.375. The van der Waals surface area contributed by atoms with Crippen LogP contribution in [0.4, 0.5) is 0 Å². The van der Waals surface area contributed by atoms with E-state index in [2.05, 4.69) is 103 Å². The van der Waals surface area contributed by atoms with Gasteiger partial charge >= 0.3 is 0 Å². The molecule has 0 spiro atoms. The zero-order valence-corrected chi connectivity index (χ0v) is 22.3. The number of benzene rings is 2. The highest BCUT2D eigenvalue weighted by Gasteiger charge is 2.38. The molecule has 0 radical (unpaired) electrons. The first-order valence-electron chi connectivity index (χ1n) is 12.8. The van der Waals surface area contributed by atoms with Crippen LogP contribution in [0.5, 0.6) is 0 Å². The van der Waals surface area contributed by atoms with E-state index in [1.165, 1.54) is 51.7 Å². The number of nitrogens with zero attached hydrogens (tertiary/aromatic N) is 2. The molecule has 2 aromatic carbocycles. The fourth-order valence-electron chi connectivity index (χ4n) is 6.17. The molecule has 3 nitrogen and oxygen atoms in total. The molecule has 5 aromatic rings. The molecule has 0 unspecified atom stereocenters. The van der Waals surface area contributed by atoms with E-state index in [4.69, 9.17) is 9.40 Å². The van der Waals surface area contributed by atoms with Crippen molar-refractivity contribution in [3.63, 3.8) is 0 Å². The lowest BCUT2D eigenvalue weighted by molar-refractivity contribution is -0.660. The number of hydrogen-bond acceptors (Lipinski definition) is 2. The van der Waals surface area contributed by atoms with E-state index in [1.54, 1.807) is 0 Å². The van der Waals surface area contributed by atoms with E-state index in [-0.39, 0.29) is 10.8 Å². The molecular weight excluding hydrogens is 428 g/mol. The summed E-state index contributed by atoms with van der Waals surface area (Å²) in [5.41, 5.74) is 11.9. The van der Waals surface area contributed by atoms with Gasteiger partial charge in [-0.2, -0.15) is 0 Å². The van der Waals surface area contributed by atoms with Crippen LogP contribution in [0, 0.1) is 20.8 Å². The molecule has 0 amide bonds. The summed E-state index contributed by atoms with van der Waals surface area (Å²) in [6.07, 6.45) is 4.56. The van der Waals surface area contributed by atoms with Crippen molar-refractivity contribution >= 4 is 33.0 Å². The fourth-order valence-corrected chi connectivity index (χ4v) is 6.17. The predicted octanol–water partition coefficient (Wildman–Crippen LogP) is 7.90. The van der Waals surface area contributed by atoms with E-state index in [1.807, 2.05) is 0 Å². The summed E-state index contributed by atoms with van der Waals surface area (Å²) >= 11 is 0. The lowest BCUT2D eigenvalue weighted by Crippen LogP contribution is -2.34. The Morgan fingerprint density at radius 1 is 0.829 bits per heavy atom. The zero-order valence-electron chi connectivity index (χ0n) is 22.3. The first-order valence-corrected chi connectivity index (χ1v) is 12.8. The highest BCUT2D eigenvalue weighted by Crippen LogP contribution is 2.48. The Bertz CT molecular complexity index is 1680. The summed E-state index contributed by atoms with van der Waals surface area (Å²) in [5.74, 6) is 0. The topological polar surface area (TPSA) is 29.9 Å². The number of pyridine rings is 2. The summed E-state index contributed by atoms with van der Waals surface area (Å²) in [5, 5.41) is 3.42. The smallest absolute Gasteiger partial charge is 0.227 e. The van der Waals surface area contributed by atoms with Gasteiger partial charge in [0.05, 0.1) is 11.1 Å². The van der Waals surface area contributed by atoms with Crippen LogP contribution in [0.3, 0.4) is 0 Å². The molecule has 3 aromatic heterocycles. The Hall–Kier alpha value is -3.20. The molecule has 0 saturated carbocycles. The van der Waals surface area contributed by atoms with Crippen molar-refractivity contribution in [1.82, 2.24) is 4.98 Å². The van der Waals surface area contributed by atoms with Crippen molar-refractivity contribution in [3.8, 4) is 11.3 Å². The Morgan fingerprint density at radius 3 is 2.34 bits per heavy atom. The Balaban J connectivity index is 1.70. The van der Waals surface area contributed by atoms with Crippen LogP contribution in [-0.4, -0.2) is 4.98 Å². The van der Waals surface area contributed by atoms with Gasteiger partial charge in [0.2, 0.25) is 11.4 Å². The van der Waals surface area contributed by atoms with Gasteiger partial charge in [-0.05, 0) is 72.8 Å². The van der Waals surface area contributed by atoms with Crippen LogP contribution in [0.1, 0.15) is 68.4 Å². The van der Waals surface area contributed by atoms with Crippen molar-refractivity contribution in [3.05, 3.63) is 70.4 Å². The van der Waals surface area contributed by atoms with Gasteiger partial charge in [-0.1, -0.05) is 52.0 Å². The van der Waals surface area contributed by atoms with Crippen LogP contribution in [0.2, 0.25) is 0 Å². The SMILES string of the molecule is Cc1cc(-c2c(C)ccc3c2oc2nc4c5c(ccc4cc23)C(C)(C)CCC5(C)C)[n+](C)cc1C. The second kappa shape index (κ2) is 7.16. The Morgan fingerprint density at radius 2 is 1.57 bits per heavy atom. The minimum absolute atomic E-state index is 0.0893. The van der Waals surface area contributed by atoms with E-state index in [0.29, 0.717) is 0 Å². The zero-order chi connectivity index (χ0) is 24.9. The summed E-state index contributed by atoms with van der Waals surface area (Å²) in [7, 11) is 2.12. The van der Waals surface area contributed by atoms with E-state index < -0.39 is 0 Å². The average molecular weight is 464 g/mol. The largest absolute Gasteiger partial charge is 0.437 e. The summed E-state index contributed by atoms with van der Waals surface area (Å²) in [6.45, 7) is 16.0. The molecule has 178 valence electrons. The molecule has 0 N–H and O–H groups in total. The highest BCUT2D eigenvalue weighted by atomic mass is 16.3. The van der Waals surface area contributed by atoms with Crippen molar-refractivity contribution < 1.29 is 8.98 Å². The van der Waals surface area contributed by atoms with E-state index in [9.17, 15) is 0 Å². The molecule has 0 fully saturated rings. The Labute approximate surface area is 207 Å². The van der Waals surface area contributed by atoms with Crippen molar-refractivity contribution in [1.29, 1.82) is 0 Å². The maximum atomic E-state index is 6.64. The minimum Gasteiger partial charge on any atom is -0.437 e.